The largest absolute Gasteiger partial charge is 0.496 e. The molecule has 0 unspecified atom stereocenters. The molecular formula is C21H25F2NO3. The number of esters is 1. The van der Waals surface area contributed by atoms with Gasteiger partial charge in [0.25, 0.3) is 0 Å². The molecule has 0 saturated carbocycles. The Hall–Kier alpha value is -2.47. The van der Waals surface area contributed by atoms with E-state index in [0.29, 0.717) is 11.3 Å². The number of hydrogen-bond donors (Lipinski definition) is 1. The number of carbonyl (C=O) groups excluding carboxylic acids is 1. The highest BCUT2D eigenvalue weighted by Gasteiger charge is 2.26. The lowest BCUT2D eigenvalue weighted by Gasteiger charge is -2.20. The predicted octanol–water partition coefficient (Wildman–Crippen LogP) is 4.52. The highest BCUT2D eigenvalue weighted by molar-refractivity contribution is 5.76. The van der Waals surface area contributed by atoms with Crippen LogP contribution in [-0.2, 0) is 9.53 Å². The van der Waals surface area contributed by atoms with Crippen molar-refractivity contribution in [2.45, 2.75) is 40.2 Å². The first-order valence-corrected chi connectivity index (χ1v) is 8.77. The number of nitrogens with two attached hydrogens (primary N) is 1. The Kier molecular flexibility index (Phi) is 6.54. The van der Waals surface area contributed by atoms with Crippen molar-refractivity contribution < 1.29 is 23.0 Å². The van der Waals surface area contributed by atoms with Crippen LogP contribution in [0.25, 0.3) is 11.1 Å². The summed E-state index contributed by atoms with van der Waals surface area (Å²) in [5, 5.41) is 0. The zero-order valence-electron chi connectivity index (χ0n) is 16.3. The van der Waals surface area contributed by atoms with E-state index in [1.807, 2.05) is 19.9 Å². The molecule has 0 amide bonds. The zero-order chi connectivity index (χ0) is 20.3. The first-order chi connectivity index (χ1) is 12.7. The molecule has 146 valence electrons. The van der Waals surface area contributed by atoms with Crippen LogP contribution in [0.15, 0.2) is 18.2 Å². The summed E-state index contributed by atoms with van der Waals surface area (Å²) in [7, 11) is 1.54. The molecule has 6 heteroatoms. The molecule has 0 fully saturated rings. The average molecular weight is 377 g/mol. The summed E-state index contributed by atoms with van der Waals surface area (Å²) in [6.07, 6.45) is -0.305. The van der Waals surface area contributed by atoms with Gasteiger partial charge >= 0.3 is 5.97 Å². The third-order valence-corrected chi connectivity index (χ3v) is 4.59. The van der Waals surface area contributed by atoms with Gasteiger partial charge in [-0.25, -0.2) is 8.78 Å². The van der Waals surface area contributed by atoms with Gasteiger partial charge in [-0.1, -0.05) is 6.07 Å². The number of carbonyl (C=O) groups is 1. The molecule has 0 saturated heterocycles. The fourth-order valence-electron chi connectivity index (χ4n) is 3.27. The van der Waals surface area contributed by atoms with Crippen molar-refractivity contribution in [3.05, 3.63) is 52.1 Å². The highest BCUT2D eigenvalue weighted by atomic mass is 19.1. The second kappa shape index (κ2) is 8.48. The molecule has 0 radical (unpaired) electrons. The molecule has 2 N–H and O–H groups in total. The van der Waals surface area contributed by atoms with Gasteiger partial charge in [0.1, 0.15) is 17.4 Å². The molecule has 4 nitrogen and oxygen atoms in total. The minimum Gasteiger partial charge on any atom is -0.496 e. The Morgan fingerprint density at radius 3 is 2.41 bits per heavy atom. The number of benzene rings is 2. The van der Waals surface area contributed by atoms with Crippen LogP contribution in [-0.4, -0.2) is 19.7 Å². The molecule has 2 aromatic rings. The molecule has 1 atom stereocenters. The van der Waals surface area contributed by atoms with E-state index in [0.717, 1.165) is 11.1 Å². The maximum atomic E-state index is 15.4. The quantitative estimate of drug-likeness (QED) is 0.752. The van der Waals surface area contributed by atoms with Gasteiger partial charge in [-0.15, -0.1) is 0 Å². The fraction of sp³-hybridized carbons (Fsp3) is 0.381. The second-order valence-corrected chi connectivity index (χ2v) is 6.48. The lowest BCUT2D eigenvalue weighted by Crippen LogP contribution is -2.20. The number of aryl methyl sites for hydroxylation is 2. The lowest BCUT2D eigenvalue weighted by molar-refractivity contribution is -0.143. The second-order valence-electron chi connectivity index (χ2n) is 6.48. The molecule has 27 heavy (non-hydrogen) atoms. The van der Waals surface area contributed by atoms with Crippen LogP contribution in [0, 0.1) is 32.4 Å². The van der Waals surface area contributed by atoms with Crippen molar-refractivity contribution in [1.82, 2.24) is 0 Å². The van der Waals surface area contributed by atoms with E-state index in [1.165, 1.54) is 13.2 Å². The molecule has 0 aliphatic carbocycles. The van der Waals surface area contributed by atoms with Crippen molar-refractivity contribution >= 4 is 5.97 Å². The van der Waals surface area contributed by atoms with E-state index < -0.39 is 23.6 Å². The number of methoxy groups -OCH3 is 1. The molecule has 0 aliphatic heterocycles. The van der Waals surface area contributed by atoms with Crippen LogP contribution in [0.5, 0.6) is 5.75 Å². The summed E-state index contributed by atoms with van der Waals surface area (Å²) < 4.78 is 40.2. The molecule has 0 aromatic heterocycles. The first-order valence-electron chi connectivity index (χ1n) is 8.77. The van der Waals surface area contributed by atoms with E-state index in [4.69, 9.17) is 15.2 Å². The van der Waals surface area contributed by atoms with E-state index in [1.54, 1.807) is 19.9 Å². The zero-order valence-corrected chi connectivity index (χ0v) is 16.3. The molecular weight excluding hydrogens is 352 g/mol. The Balaban J connectivity index is 2.65. The molecule has 0 bridgehead atoms. The minimum absolute atomic E-state index is 0.178. The maximum absolute atomic E-state index is 15.4. The van der Waals surface area contributed by atoms with Crippen molar-refractivity contribution in [3.8, 4) is 16.9 Å². The van der Waals surface area contributed by atoms with Crippen LogP contribution in [0.2, 0.25) is 0 Å². The normalized spacial score (nSPS) is 12.0. The summed E-state index contributed by atoms with van der Waals surface area (Å²) in [6.45, 7) is 7.04. The topological polar surface area (TPSA) is 61.5 Å². The summed E-state index contributed by atoms with van der Waals surface area (Å²) in [6, 6.07) is 3.93. The Morgan fingerprint density at radius 1 is 1.15 bits per heavy atom. The standard InChI is InChI=1S/C21H25F2NO3/c1-6-27-17(25)10-15(24)19-20(22)12(3)9-14(21(19)23)18-11(2)7-8-16(26-5)13(18)4/h7-9,15H,6,10,24H2,1-5H3/t15-/m0/s1. The molecule has 2 rings (SSSR count). The first kappa shape index (κ1) is 20.8. The van der Waals surface area contributed by atoms with Gasteiger partial charge in [0, 0.05) is 17.2 Å². The number of halogens is 2. The Labute approximate surface area is 158 Å². The third-order valence-electron chi connectivity index (χ3n) is 4.59. The van der Waals surface area contributed by atoms with Gasteiger partial charge in [-0.2, -0.15) is 0 Å². The van der Waals surface area contributed by atoms with Gasteiger partial charge in [-0.05, 0) is 62.1 Å². The lowest BCUT2D eigenvalue weighted by atomic mass is 9.89. The number of hydrogen-bond acceptors (Lipinski definition) is 4. The Bertz CT molecular complexity index is 865. The van der Waals surface area contributed by atoms with E-state index >= 15 is 4.39 Å². The van der Waals surface area contributed by atoms with Crippen LogP contribution >= 0.6 is 0 Å². The summed E-state index contributed by atoms with van der Waals surface area (Å²) in [5.74, 6) is -1.50. The van der Waals surface area contributed by atoms with Crippen LogP contribution in [0.3, 0.4) is 0 Å². The van der Waals surface area contributed by atoms with Crippen molar-refractivity contribution in [3.63, 3.8) is 0 Å². The number of ether oxygens (including phenoxy) is 2. The minimum atomic E-state index is -1.14. The smallest absolute Gasteiger partial charge is 0.307 e. The molecule has 0 heterocycles. The Morgan fingerprint density at radius 2 is 1.81 bits per heavy atom. The molecule has 0 spiro atoms. The van der Waals surface area contributed by atoms with Gasteiger partial charge in [0.05, 0.1) is 20.1 Å². The molecule has 0 aliphatic rings. The van der Waals surface area contributed by atoms with E-state index in [9.17, 15) is 9.18 Å². The van der Waals surface area contributed by atoms with Crippen LogP contribution in [0.1, 0.15) is 41.6 Å². The van der Waals surface area contributed by atoms with Gasteiger partial charge in [-0.3, -0.25) is 4.79 Å². The SMILES string of the molecule is CCOC(=O)C[C@H](N)c1c(F)c(C)cc(-c2c(C)ccc(OC)c2C)c1F. The highest BCUT2D eigenvalue weighted by Crippen LogP contribution is 2.38. The summed E-state index contributed by atoms with van der Waals surface area (Å²) in [5.41, 5.74) is 8.34. The average Bonchev–Trinajstić information content (AvgIpc) is 2.59. The molecule has 2 aromatic carbocycles. The van der Waals surface area contributed by atoms with Crippen LogP contribution in [0.4, 0.5) is 8.78 Å². The van der Waals surface area contributed by atoms with E-state index in [2.05, 4.69) is 0 Å². The monoisotopic (exact) mass is 377 g/mol. The van der Waals surface area contributed by atoms with Crippen molar-refractivity contribution in [2.24, 2.45) is 5.73 Å². The van der Waals surface area contributed by atoms with Gasteiger partial charge in [0.15, 0.2) is 0 Å². The van der Waals surface area contributed by atoms with Gasteiger partial charge in [0.2, 0.25) is 0 Å². The predicted molar refractivity (Wildman–Crippen MR) is 101 cm³/mol. The third kappa shape index (κ3) is 4.11. The summed E-state index contributed by atoms with van der Waals surface area (Å²) >= 11 is 0. The number of rotatable bonds is 6. The van der Waals surface area contributed by atoms with Crippen molar-refractivity contribution in [1.29, 1.82) is 0 Å². The van der Waals surface area contributed by atoms with Gasteiger partial charge < -0.3 is 15.2 Å². The van der Waals surface area contributed by atoms with Crippen molar-refractivity contribution in [2.75, 3.05) is 13.7 Å². The summed E-state index contributed by atoms with van der Waals surface area (Å²) in [4.78, 5) is 11.7. The van der Waals surface area contributed by atoms with Crippen LogP contribution < -0.4 is 10.5 Å². The van der Waals surface area contributed by atoms with E-state index in [-0.39, 0.29) is 29.7 Å². The maximum Gasteiger partial charge on any atom is 0.307 e. The fourth-order valence-corrected chi connectivity index (χ4v) is 3.27.